The minimum Gasteiger partial charge on any atom is -0.444 e. The topological polar surface area (TPSA) is 79.8 Å². The van der Waals surface area contributed by atoms with Gasteiger partial charge in [0.1, 0.15) is 0 Å². The Balaban J connectivity index is 0.00000264. The molecule has 23 heavy (non-hydrogen) atoms. The summed E-state index contributed by atoms with van der Waals surface area (Å²) in [5.74, 6) is 0.195. The maximum absolute atomic E-state index is 12.4. The Labute approximate surface area is 150 Å². The number of amides is 2. The van der Waals surface area contributed by atoms with Gasteiger partial charge in [0, 0.05) is 26.2 Å². The summed E-state index contributed by atoms with van der Waals surface area (Å²) >= 11 is 3.16. The molecule has 2 unspecified atom stereocenters. The first kappa shape index (κ1) is 20.0. The molecule has 0 bridgehead atoms. The smallest absolute Gasteiger partial charge is 0.289 e. The molecule has 2 rings (SSSR count). The molecule has 2 heterocycles. The third-order valence-electron chi connectivity index (χ3n) is 4.06. The zero-order valence-electron chi connectivity index (χ0n) is 13.3. The zero-order chi connectivity index (χ0) is 16.3. The summed E-state index contributed by atoms with van der Waals surface area (Å²) in [6, 6.07) is 3.32. The van der Waals surface area contributed by atoms with Crippen LogP contribution in [0.2, 0.25) is 0 Å². The van der Waals surface area contributed by atoms with E-state index in [1.54, 1.807) is 24.1 Å². The van der Waals surface area contributed by atoms with Gasteiger partial charge in [0.05, 0.1) is 6.54 Å². The van der Waals surface area contributed by atoms with E-state index < -0.39 is 0 Å². The summed E-state index contributed by atoms with van der Waals surface area (Å²) in [5, 5.41) is 0. The molecule has 1 aliphatic rings. The Hall–Kier alpha value is -1.05. The number of hydrogen-bond donors (Lipinski definition) is 1. The number of nitrogens with zero attached hydrogens (tertiary/aromatic N) is 2. The lowest BCUT2D eigenvalue weighted by molar-refractivity contribution is -0.133. The normalized spacial score (nSPS) is 19.0. The molecule has 6 nitrogen and oxygen atoms in total. The molecule has 0 aliphatic carbocycles. The number of furan rings is 1. The van der Waals surface area contributed by atoms with Crippen LogP contribution in [0.15, 0.2) is 21.2 Å². The largest absolute Gasteiger partial charge is 0.444 e. The quantitative estimate of drug-likeness (QED) is 0.827. The lowest BCUT2D eigenvalue weighted by Crippen LogP contribution is -2.48. The number of nitrogens with two attached hydrogens (primary N) is 1. The molecule has 0 aromatic carbocycles. The van der Waals surface area contributed by atoms with Gasteiger partial charge in [-0.1, -0.05) is 0 Å². The van der Waals surface area contributed by atoms with Gasteiger partial charge >= 0.3 is 0 Å². The van der Waals surface area contributed by atoms with E-state index in [0.29, 0.717) is 17.1 Å². The third-order valence-corrected chi connectivity index (χ3v) is 4.48. The lowest BCUT2D eigenvalue weighted by Gasteiger charge is -2.35. The summed E-state index contributed by atoms with van der Waals surface area (Å²) in [5.41, 5.74) is 5.94. The highest BCUT2D eigenvalue weighted by atomic mass is 79.9. The predicted molar refractivity (Wildman–Crippen MR) is 93.6 cm³/mol. The van der Waals surface area contributed by atoms with Gasteiger partial charge in [0.25, 0.3) is 5.91 Å². The maximum atomic E-state index is 12.4. The van der Waals surface area contributed by atoms with E-state index in [0.717, 1.165) is 19.4 Å². The van der Waals surface area contributed by atoms with Gasteiger partial charge in [-0.25, -0.2) is 0 Å². The summed E-state index contributed by atoms with van der Waals surface area (Å²) in [6.45, 7) is 3.42. The number of piperidine rings is 1. The average molecular weight is 409 g/mol. The Morgan fingerprint density at radius 1 is 1.52 bits per heavy atom. The van der Waals surface area contributed by atoms with E-state index in [9.17, 15) is 9.59 Å². The third kappa shape index (κ3) is 5.22. The highest BCUT2D eigenvalue weighted by molar-refractivity contribution is 9.10. The fourth-order valence-corrected chi connectivity index (χ4v) is 2.96. The monoisotopic (exact) mass is 407 g/mol. The van der Waals surface area contributed by atoms with Crippen LogP contribution >= 0.6 is 28.3 Å². The molecule has 2 amide bonds. The van der Waals surface area contributed by atoms with Crippen LogP contribution in [0.25, 0.3) is 0 Å². The van der Waals surface area contributed by atoms with Gasteiger partial charge in [-0.05, 0) is 53.7 Å². The zero-order valence-corrected chi connectivity index (χ0v) is 15.7. The van der Waals surface area contributed by atoms with Gasteiger partial charge in [-0.3, -0.25) is 9.59 Å². The van der Waals surface area contributed by atoms with E-state index in [-0.39, 0.29) is 42.6 Å². The van der Waals surface area contributed by atoms with Crippen LogP contribution in [0.4, 0.5) is 0 Å². The Morgan fingerprint density at radius 2 is 2.22 bits per heavy atom. The van der Waals surface area contributed by atoms with E-state index >= 15 is 0 Å². The highest BCUT2D eigenvalue weighted by Crippen LogP contribution is 2.19. The predicted octanol–water partition coefficient (Wildman–Crippen LogP) is 2.12. The highest BCUT2D eigenvalue weighted by Gasteiger charge is 2.27. The second kappa shape index (κ2) is 8.70. The van der Waals surface area contributed by atoms with Crippen molar-refractivity contribution in [1.82, 2.24) is 9.80 Å². The van der Waals surface area contributed by atoms with Crippen molar-refractivity contribution in [1.29, 1.82) is 0 Å². The standard InChI is InChI=1S/C15H22BrN3O3.ClH/c1-10(17)11-4-3-7-19(8-11)14(20)9-18(2)15(21)12-5-6-13(16)22-12;/h5-6,10-11H,3-4,7-9,17H2,1-2H3;1H. The molecule has 0 spiro atoms. The van der Waals surface area contributed by atoms with Gasteiger partial charge < -0.3 is 20.0 Å². The molecule has 1 aromatic heterocycles. The van der Waals surface area contributed by atoms with Crippen molar-refractivity contribution in [2.75, 3.05) is 26.7 Å². The van der Waals surface area contributed by atoms with Crippen LogP contribution in [-0.2, 0) is 4.79 Å². The molecule has 0 radical (unpaired) electrons. The Bertz CT molecular complexity index is 550. The minimum atomic E-state index is -0.306. The minimum absolute atomic E-state index is 0. The fraction of sp³-hybridized carbons (Fsp3) is 0.600. The molecule has 0 saturated carbocycles. The van der Waals surface area contributed by atoms with E-state index in [2.05, 4.69) is 15.9 Å². The molecule has 1 aliphatic heterocycles. The Morgan fingerprint density at radius 3 is 2.78 bits per heavy atom. The van der Waals surface area contributed by atoms with Gasteiger partial charge in [-0.2, -0.15) is 0 Å². The van der Waals surface area contributed by atoms with Crippen LogP contribution in [0, 0.1) is 5.92 Å². The summed E-state index contributed by atoms with van der Waals surface area (Å²) < 4.78 is 5.72. The van der Waals surface area contributed by atoms with E-state index in [1.165, 1.54) is 4.90 Å². The molecule has 130 valence electrons. The van der Waals surface area contributed by atoms with Crippen molar-refractivity contribution in [2.45, 2.75) is 25.8 Å². The second-order valence-electron chi connectivity index (χ2n) is 5.87. The fourth-order valence-electron chi connectivity index (χ4n) is 2.66. The first-order valence-corrected chi connectivity index (χ1v) is 8.22. The van der Waals surface area contributed by atoms with Crippen molar-refractivity contribution in [3.63, 3.8) is 0 Å². The van der Waals surface area contributed by atoms with Gasteiger partial charge in [-0.15, -0.1) is 12.4 Å². The van der Waals surface area contributed by atoms with Gasteiger partial charge in [0.2, 0.25) is 5.91 Å². The second-order valence-corrected chi connectivity index (χ2v) is 6.65. The number of hydrogen-bond acceptors (Lipinski definition) is 4. The maximum Gasteiger partial charge on any atom is 0.289 e. The van der Waals surface area contributed by atoms with Crippen LogP contribution in [0.1, 0.15) is 30.3 Å². The first-order chi connectivity index (χ1) is 10.4. The van der Waals surface area contributed by atoms with E-state index in [4.69, 9.17) is 10.2 Å². The van der Waals surface area contributed by atoms with Crippen molar-refractivity contribution in [3.8, 4) is 0 Å². The molecule has 2 atom stereocenters. The van der Waals surface area contributed by atoms with Crippen molar-refractivity contribution >= 4 is 40.2 Å². The van der Waals surface area contributed by atoms with E-state index in [1.807, 2.05) is 6.92 Å². The molecular formula is C15H23BrClN3O3. The SMILES string of the molecule is CC(N)C1CCCN(C(=O)CN(C)C(=O)c2ccc(Br)o2)C1.Cl. The summed E-state index contributed by atoms with van der Waals surface area (Å²) in [6.07, 6.45) is 2.01. The number of carbonyl (C=O) groups excluding carboxylic acids is 2. The molecule has 1 fully saturated rings. The van der Waals surface area contributed by atoms with Gasteiger partial charge in [0.15, 0.2) is 10.4 Å². The number of likely N-dealkylation sites (tertiary alicyclic amines) is 1. The first-order valence-electron chi connectivity index (χ1n) is 7.42. The molecule has 1 saturated heterocycles. The van der Waals surface area contributed by atoms with Crippen molar-refractivity contribution in [3.05, 3.63) is 22.6 Å². The van der Waals surface area contributed by atoms with Crippen LogP contribution in [0.5, 0.6) is 0 Å². The average Bonchev–Trinajstić information content (AvgIpc) is 2.93. The summed E-state index contributed by atoms with van der Waals surface area (Å²) in [4.78, 5) is 27.7. The lowest BCUT2D eigenvalue weighted by atomic mass is 9.92. The number of carbonyl (C=O) groups is 2. The van der Waals surface area contributed by atoms with Crippen LogP contribution in [0.3, 0.4) is 0 Å². The van der Waals surface area contributed by atoms with Crippen molar-refractivity contribution in [2.24, 2.45) is 11.7 Å². The van der Waals surface area contributed by atoms with Crippen LogP contribution < -0.4 is 5.73 Å². The molecule has 8 heteroatoms. The molecule has 2 N–H and O–H groups in total. The van der Waals surface area contributed by atoms with Crippen LogP contribution in [-0.4, -0.2) is 54.3 Å². The Kier molecular flexibility index (Phi) is 7.57. The number of likely N-dealkylation sites (N-methyl/N-ethyl adjacent to an activating group) is 1. The molecule has 1 aromatic rings. The molecular weight excluding hydrogens is 386 g/mol. The number of rotatable bonds is 4. The number of halogens is 2. The van der Waals surface area contributed by atoms with Crippen molar-refractivity contribution < 1.29 is 14.0 Å². The summed E-state index contributed by atoms with van der Waals surface area (Å²) in [7, 11) is 1.60.